The van der Waals surface area contributed by atoms with Gasteiger partial charge in [0, 0.05) is 42.0 Å². The monoisotopic (exact) mass is 466 g/mol. The van der Waals surface area contributed by atoms with Gasteiger partial charge in [-0.2, -0.15) is 0 Å². The van der Waals surface area contributed by atoms with Crippen molar-refractivity contribution in [2.75, 3.05) is 36.4 Å². The number of piperazine rings is 1. The van der Waals surface area contributed by atoms with Crippen LogP contribution in [-0.4, -0.2) is 42.1 Å². The number of primary amides is 1. The number of nitrogens with zero attached hydrogens (tertiary/aromatic N) is 2. The molecule has 1 aliphatic heterocycles. The van der Waals surface area contributed by atoms with Crippen LogP contribution in [-0.2, 0) is 0 Å². The molecule has 1 amide bonds. The summed E-state index contributed by atoms with van der Waals surface area (Å²) in [7, 11) is 0. The number of amides is 1. The van der Waals surface area contributed by atoms with E-state index in [-0.39, 0.29) is 0 Å². The number of nitrogens with two attached hydrogens (primary N) is 1. The van der Waals surface area contributed by atoms with E-state index in [0.29, 0.717) is 15.7 Å². The van der Waals surface area contributed by atoms with Crippen LogP contribution in [0.4, 0.5) is 11.4 Å². The quantitative estimate of drug-likeness (QED) is 0.668. The van der Waals surface area contributed by atoms with Crippen LogP contribution in [0.15, 0.2) is 40.9 Å². The lowest BCUT2D eigenvalue weighted by Crippen LogP contribution is -2.50. The van der Waals surface area contributed by atoms with Gasteiger partial charge in [0.15, 0.2) is 5.11 Å². The van der Waals surface area contributed by atoms with E-state index < -0.39 is 5.91 Å². The molecule has 27 heavy (non-hydrogen) atoms. The lowest BCUT2D eigenvalue weighted by molar-refractivity contribution is 0.100. The van der Waals surface area contributed by atoms with Crippen molar-refractivity contribution in [3.05, 3.63) is 57.0 Å². The Morgan fingerprint density at radius 3 is 2.48 bits per heavy atom. The minimum absolute atomic E-state index is 0.298. The summed E-state index contributed by atoms with van der Waals surface area (Å²) in [5.41, 5.74) is 8.82. The average Bonchev–Trinajstić information content (AvgIpc) is 2.61. The number of benzene rings is 2. The second-order valence-corrected chi connectivity index (χ2v) is 8.10. The van der Waals surface area contributed by atoms with Crippen LogP contribution in [0.1, 0.15) is 15.9 Å². The largest absolute Gasteiger partial charge is 0.368 e. The first-order chi connectivity index (χ1) is 12.8. The van der Waals surface area contributed by atoms with E-state index in [9.17, 15) is 4.79 Å². The molecule has 0 aliphatic carbocycles. The van der Waals surface area contributed by atoms with Crippen LogP contribution in [0.25, 0.3) is 0 Å². The van der Waals surface area contributed by atoms with Crippen LogP contribution in [0, 0.1) is 6.92 Å². The van der Waals surface area contributed by atoms with Crippen molar-refractivity contribution >= 4 is 62.1 Å². The van der Waals surface area contributed by atoms with Crippen molar-refractivity contribution in [3.8, 4) is 0 Å². The number of aryl methyl sites for hydroxylation is 1. The number of carbonyl (C=O) groups is 1. The third kappa shape index (κ3) is 4.72. The fraction of sp³-hybridized carbons (Fsp3) is 0.263. The summed E-state index contributed by atoms with van der Waals surface area (Å²) in [6.45, 7) is 5.57. The number of anilines is 2. The van der Waals surface area contributed by atoms with Crippen LogP contribution < -0.4 is 16.0 Å². The van der Waals surface area contributed by atoms with E-state index in [4.69, 9.17) is 29.6 Å². The number of halogens is 2. The molecule has 0 spiro atoms. The number of thiocarbonyl (C=S) groups is 1. The highest BCUT2D eigenvalue weighted by atomic mass is 79.9. The summed E-state index contributed by atoms with van der Waals surface area (Å²) in [5.74, 6) is -0.548. The van der Waals surface area contributed by atoms with Gasteiger partial charge in [0.25, 0.3) is 0 Å². The highest BCUT2D eigenvalue weighted by Gasteiger charge is 2.20. The van der Waals surface area contributed by atoms with Crippen molar-refractivity contribution in [2.45, 2.75) is 6.92 Å². The molecule has 1 heterocycles. The number of nitrogens with one attached hydrogen (secondary N) is 1. The van der Waals surface area contributed by atoms with Crippen molar-refractivity contribution in [1.29, 1.82) is 0 Å². The predicted molar refractivity (Wildman–Crippen MR) is 119 cm³/mol. The molecule has 1 saturated heterocycles. The molecule has 0 aromatic heterocycles. The van der Waals surface area contributed by atoms with Gasteiger partial charge < -0.3 is 20.9 Å². The van der Waals surface area contributed by atoms with Crippen LogP contribution in [0.2, 0.25) is 5.02 Å². The van der Waals surface area contributed by atoms with Gasteiger partial charge >= 0.3 is 0 Å². The zero-order chi connectivity index (χ0) is 19.6. The van der Waals surface area contributed by atoms with Crippen molar-refractivity contribution in [3.63, 3.8) is 0 Å². The Hall–Kier alpha value is -1.83. The lowest BCUT2D eigenvalue weighted by atomic mass is 10.1. The van der Waals surface area contributed by atoms with Gasteiger partial charge in [-0.25, -0.2) is 0 Å². The zero-order valence-corrected chi connectivity index (χ0v) is 18.0. The van der Waals surface area contributed by atoms with Gasteiger partial charge in [0.05, 0.1) is 10.6 Å². The molecule has 0 bridgehead atoms. The van der Waals surface area contributed by atoms with Crippen LogP contribution in [0.5, 0.6) is 0 Å². The van der Waals surface area contributed by atoms with Gasteiger partial charge in [-0.3, -0.25) is 4.79 Å². The molecule has 3 rings (SSSR count). The normalized spacial score (nSPS) is 14.2. The summed E-state index contributed by atoms with van der Waals surface area (Å²) in [5, 5.41) is 4.14. The molecule has 1 aliphatic rings. The standard InChI is InChI=1S/C19H20BrClN4OS/c1-12-10-13(20)2-5-17(12)24-6-8-25(9-7-24)19(27)23-14-3-4-15(18(22)26)16(21)11-14/h2-5,10-11H,6-9H2,1H3,(H2,22,26)(H,23,27). The summed E-state index contributed by atoms with van der Waals surface area (Å²) in [4.78, 5) is 15.8. The summed E-state index contributed by atoms with van der Waals surface area (Å²) in [6, 6.07) is 11.4. The highest BCUT2D eigenvalue weighted by molar-refractivity contribution is 9.10. The Morgan fingerprint density at radius 2 is 1.89 bits per heavy atom. The maximum absolute atomic E-state index is 11.3. The third-order valence-electron chi connectivity index (χ3n) is 4.55. The van der Waals surface area contributed by atoms with Gasteiger partial charge in [0.2, 0.25) is 5.91 Å². The topological polar surface area (TPSA) is 61.6 Å². The summed E-state index contributed by atoms with van der Waals surface area (Å²) < 4.78 is 1.09. The van der Waals surface area contributed by atoms with Gasteiger partial charge in [-0.15, -0.1) is 0 Å². The molecular formula is C19H20BrClN4OS. The Morgan fingerprint density at radius 1 is 1.19 bits per heavy atom. The van der Waals surface area contributed by atoms with E-state index in [2.05, 4.69) is 56.2 Å². The lowest BCUT2D eigenvalue weighted by Gasteiger charge is -2.38. The molecule has 5 nitrogen and oxygen atoms in total. The van der Waals surface area contributed by atoms with Crippen molar-refractivity contribution in [1.82, 2.24) is 4.90 Å². The maximum Gasteiger partial charge on any atom is 0.250 e. The number of hydrogen-bond acceptors (Lipinski definition) is 3. The Labute approximate surface area is 177 Å². The molecule has 142 valence electrons. The molecule has 0 saturated carbocycles. The SMILES string of the molecule is Cc1cc(Br)ccc1N1CCN(C(=S)Nc2ccc(C(N)=O)c(Cl)c2)CC1. The molecule has 3 N–H and O–H groups in total. The minimum atomic E-state index is -0.548. The van der Waals surface area contributed by atoms with Gasteiger partial charge in [0.1, 0.15) is 0 Å². The predicted octanol–water partition coefficient (Wildman–Crippen LogP) is 4.03. The Kier molecular flexibility index (Phi) is 6.24. The van der Waals surface area contributed by atoms with E-state index in [1.54, 1.807) is 18.2 Å². The molecule has 0 atom stereocenters. The zero-order valence-electron chi connectivity index (χ0n) is 14.8. The first-order valence-electron chi connectivity index (χ1n) is 8.51. The first kappa shape index (κ1) is 19.9. The van der Waals surface area contributed by atoms with Crippen LogP contribution >= 0.6 is 39.7 Å². The van der Waals surface area contributed by atoms with Crippen molar-refractivity contribution < 1.29 is 4.79 Å². The second-order valence-electron chi connectivity index (χ2n) is 6.39. The second kappa shape index (κ2) is 8.46. The van der Waals surface area contributed by atoms with Crippen LogP contribution in [0.3, 0.4) is 0 Å². The smallest absolute Gasteiger partial charge is 0.250 e. The molecule has 2 aromatic rings. The van der Waals surface area contributed by atoms with Crippen molar-refractivity contribution in [2.24, 2.45) is 5.73 Å². The van der Waals surface area contributed by atoms with E-state index in [1.807, 2.05) is 0 Å². The molecule has 0 radical (unpaired) electrons. The van der Waals surface area contributed by atoms with E-state index >= 15 is 0 Å². The average molecular weight is 468 g/mol. The Bertz CT molecular complexity index is 884. The number of carbonyl (C=O) groups excluding carboxylic acids is 1. The molecule has 1 fully saturated rings. The number of hydrogen-bond donors (Lipinski definition) is 2. The molecular weight excluding hydrogens is 448 g/mol. The van der Waals surface area contributed by atoms with Gasteiger partial charge in [-0.1, -0.05) is 27.5 Å². The fourth-order valence-electron chi connectivity index (χ4n) is 3.12. The highest BCUT2D eigenvalue weighted by Crippen LogP contribution is 2.25. The summed E-state index contributed by atoms with van der Waals surface area (Å²) >= 11 is 15.1. The third-order valence-corrected chi connectivity index (χ3v) is 5.72. The molecule has 2 aromatic carbocycles. The fourth-order valence-corrected chi connectivity index (χ4v) is 4.17. The molecule has 8 heteroatoms. The molecule has 0 unspecified atom stereocenters. The van der Waals surface area contributed by atoms with Gasteiger partial charge in [-0.05, 0) is 61.1 Å². The first-order valence-corrected chi connectivity index (χ1v) is 10.1. The van der Waals surface area contributed by atoms with E-state index in [1.165, 1.54) is 11.3 Å². The maximum atomic E-state index is 11.3. The number of rotatable bonds is 3. The van der Waals surface area contributed by atoms with E-state index in [0.717, 1.165) is 36.3 Å². The minimum Gasteiger partial charge on any atom is -0.368 e. The summed E-state index contributed by atoms with van der Waals surface area (Å²) in [6.07, 6.45) is 0. The Balaban J connectivity index is 1.60.